The van der Waals surface area contributed by atoms with Gasteiger partial charge in [-0.1, -0.05) is 17.8 Å². The lowest BCUT2D eigenvalue weighted by Crippen LogP contribution is -2.26. The Bertz CT molecular complexity index is 1070. The van der Waals surface area contributed by atoms with Gasteiger partial charge in [-0.3, -0.25) is 9.88 Å². The van der Waals surface area contributed by atoms with E-state index in [1.54, 1.807) is 6.20 Å². The minimum Gasteiger partial charge on any atom is -0.460 e. The molecule has 2 fully saturated rings. The lowest BCUT2D eigenvalue weighted by atomic mass is 9.98. The maximum atomic E-state index is 6.08. The number of hydrogen-bond donors (Lipinski definition) is 2. The molecule has 1 aliphatic heterocycles. The van der Waals surface area contributed by atoms with Crippen molar-refractivity contribution in [3.8, 4) is 16.6 Å². The van der Waals surface area contributed by atoms with E-state index in [1.165, 1.54) is 30.6 Å². The summed E-state index contributed by atoms with van der Waals surface area (Å²) in [4.78, 5) is 25.9. The van der Waals surface area contributed by atoms with Gasteiger partial charge in [0, 0.05) is 37.6 Å². The average Bonchev–Trinajstić information content (AvgIpc) is 3.44. The van der Waals surface area contributed by atoms with Crippen LogP contribution in [0.15, 0.2) is 24.7 Å². The van der Waals surface area contributed by atoms with Crippen LogP contribution < -0.4 is 15.8 Å². The SMILES string of the molecule is Cc1cc(-c2cnc(Nc3cnc(CN4CC[C@@H](N)C4)cn3)s2)nc(OC2CCCCC2)n1. The fourth-order valence-electron chi connectivity index (χ4n) is 4.35. The molecular weight excluding hydrogens is 436 g/mol. The van der Waals surface area contributed by atoms with Crippen LogP contribution in [0.2, 0.25) is 0 Å². The molecule has 4 heterocycles. The molecule has 1 aliphatic carbocycles. The van der Waals surface area contributed by atoms with E-state index in [1.807, 2.05) is 25.4 Å². The van der Waals surface area contributed by atoms with Crippen LogP contribution in [0.3, 0.4) is 0 Å². The third-order valence-corrected chi connectivity index (χ3v) is 6.99. The molecule has 3 aromatic heterocycles. The molecule has 9 nitrogen and oxygen atoms in total. The van der Waals surface area contributed by atoms with Crippen molar-refractivity contribution in [2.75, 3.05) is 18.4 Å². The molecule has 3 N–H and O–H groups in total. The van der Waals surface area contributed by atoms with Gasteiger partial charge in [0.25, 0.3) is 0 Å². The molecule has 0 bridgehead atoms. The Hall–Kier alpha value is -2.69. The molecule has 174 valence electrons. The van der Waals surface area contributed by atoms with Crippen LogP contribution in [-0.4, -0.2) is 55.1 Å². The Balaban J connectivity index is 1.23. The minimum atomic E-state index is 0.218. The van der Waals surface area contributed by atoms with Crippen molar-refractivity contribution in [3.05, 3.63) is 36.0 Å². The van der Waals surface area contributed by atoms with Crippen LogP contribution in [0.25, 0.3) is 10.6 Å². The zero-order chi connectivity index (χ0) is 22.6. The molecule has 1 saturated carbocycles. The molecule has 10 heteroatoms. The van der Waals surface area contributed by atoms with Gasteiger partial charge in [0.15, 0.2) is 10.9 Å². The largest absolute Gasteiger partial charge is 0.460 e. The third kappa shape index (κ3) is 5.82. The summed E-state index contributed by atoms with van der Waals surface area (Å²) in [5, 5.41) is 3.98. The van der Waals surface area contributed by atoms with Gasteiger partial charge in [-0.15, -0.1) is 0 Å². The number of thiazole rings is 1. The smallest absolute Gasteiger partial charge is 0.317 e. The Morgan fingerprint density at radius 2 is 1.97 bits per heavy atom. The van der Waals surface area contributed by atoms with Gasteiger partial charge in [-0.2, -0.15) is 4.98 Å². The summed E-state index contributed by atoms with van der Waals surface area (Å²) < 4.78 is 6.08. The molecule has 0 spiro atoms. The molecule has 5 rings (SSSR count). The maximum Gasteiger partial charge on any atom is 0.317 e. The normalized spacial score (nSPS) is 19.6. The fraction of sp³-hybridized carbons (Fsp3) is 0.522. The number of ether oxygens (including phenoxy) is 1. The van der Waals surface area contributed by atoms with E-state index in [0.29, 0.717) is 11.8 Å². The number of nitrogens with two attached hydrogens (primary N) is 1. The average molecular weight is 467 g/mol. The number of anilines is 2. The lowest BCUT2D eigenvalue weighted by Gasteiger charge is -2.21. The van der Waals surface area contributed by atoms with Crippen LogP contribution in [0.5, 0.6) is 6.01 Å². The van der Waals surface area contributed by atoms with Crippen LogP contribution in [0.1, 0.15) is 49.9 Å². The predicted molar refractivity (Wildman–Crippen MR) is 129 cm³/mol. The first-order chi connectivity index (χ1) is 16.1. The van der Waals surface area contributed by atoms with E-state index in [-0.39, 0.29) is 12.1 Å². The van der Waals surface area contributed by atoms with E-state index in [4.69, 9.17) is 10.5 Å². The number of nitrogens with one attached hydrogen (secondary N) is 1. The van der Waals surface area contributed by atoms with E-state index in [9.17, 15) is 0 Å². The second-order valence-corrected chi connectivity index (χ2v) is 9.92. The van der Waals surface area contributed by atoms with Crippen LogP contribution in [0, 0.1) is 6.92 Å². The van der Waals surface area contributed by atoms with Gasteiger partial charge in [0.05, 0.1) is 28.7 Å². The number of rotatable bonds is 7. The number of aryl methyl sites for hydroxylation is 1. The molecule has 0 unspecified atom stereocenters. The van der Waals surface area contributed by atoms with E-state index < -0.39 is 0 Å². The fourth-order valence-corrected chi connectivity index (χ4v) is 5.13. The highest BCUT2D eigenvalue weighted by atomic mass is 32.1. The number of nitrogens with zero attached hydrogens (tertiary/aromatic N) is 6. The van der Waals surface area contributed by atoms with Crippen molar-refractivity contribution in [1.82, 2.24) is 29.8 Å². The second-order valence-electron chi connectivity index (χ2n) is 8.89. The minimum absolute atomic E-state index is 0.218. The maximum absolute atomic E-state index is 6.08. The van der Waals surface area contributed by atoms with Crippen LogP contribution in [-0.2, 0) is 6.54 Å². The molecule has 1 saturated heterocycles. The monoisotopic (exact) mass is 466 g/mol. The van der Waals surface area contributed by atoms with E-state index in [0.717, 1.165) is 66.0 Å². The molecule has 0 aromatic carbocycles. The van der Waals surface area contributed by atoms with Gasteiger partial charge in [-0.25, -0.2) is 15.0 Å². The Morgan fingerprint density at radius 3 is 2.73 bits per heavy atom. The van der Waals surface area contributed by atoms with E-state index >= 15 is 0 Å². The molecule has 33 heavy (non-hydrogen) atoms. The standard InChI is InChI=1S/C23H30N8OS/c1-15-9-19(29-22(28-15)32-18-5-3-2-4-6-18)20-11-27-23(33-20)30-21-12-25-17(10-26-21)14-31-8-7-16(24)13-31/h9-12,16,18H,2-8,13-14,24H2,1H3,(H,26,27,30)/t16-/m1/s1. The lowest BCUT2D eigenvalue weighted by molar-refractivity contribution is 0.142. The molecule has 2 aliphatic rings. The van der Waals surface area contributed by atoms with E-state index in [2.05, 4.69) is 35.1 Å². The first kappa shape index (κ1) is 22.1. The van der Waals surface area contributed by atoms with Crippen LogP contribution >= 0.6 is 11.3 Å². The highest BCUT2D eigenvalue weighted by Crippen LogP contribution is 2.31. The van der Waals surface area contributed by atoms with Crippen molar-refractivity contribution >= 4 is 22.3 Å². The molecule has 1 atom stereocenters. The molecule has 3 aromatic rings. The zero-order valence-corrected chi connectivity index (χ0v) is 19.7. The van der Waals surface area contributed by atoms with Crippen molar-refractivity contribution in [2.24, 2.45) is 5.73 Å². The van der Waals surface area contributed by atoms with Crippen molar-refractivity contribution in [1.29, 1.82) is 0 Å². The predicted octanol–water partition coefficient (Wildman–Crippen LogP) is 3.69. The molecule has 0 radical (unpaired) electrons. The van der Waals surface area contributed by atoms with Gasteiger partial charge in [0.2, 0.25) is 0 Å². The molecular formula is C23H30N8OS. The number of hydrogen-bond acceptors (Lipinski definition) is 10. The number of likely N-dealkylation sites (tertiary alicyclic amines) is 1. The highest BCUT2D eigenvalue weighted by Gasteiger charge is 2.20. The summed E-state index contributed by atoms with van der Waals surface area (Å²) >= 11 is 1.52. The Morgan fingerprint density at radius 1 is 1.09 bits per heavy atom. The second kappa shape index (κ2) is 10.1. The van der Waals surface area contributed by atoms with Gasteiger partial charge in [-0.05, 0) is 45.1 Å². The zero-order valence-electron chi connectivity index (χ0n) is 18.9. The van der Waals surface area contributed by atoms with Crippen molar-refractivity contribution < 1.29 is 4.74 Å². The highest BCUT2D eigenvalue weighted by molar-refractivity contribution is 7.18. The van der Waals surface area contributed by atoms with Gasteiger partial charge < -0.3 is 15.8 Å². The number of aromatic nitrogens is 5. The summed E-state index contributed by atoms with van der Waals surface area (Å²) in [6.45, 7) is 4.67. The summed E-state index contributed by atoms with van der Waals surface area (Å²) in [6, 6.07) is 2.69. The summed E-state index contributed by atoms with van der Waals surface area (Å²) in [7, 11) is 0. The first-order valence-electron chi connectivity index (χ1n) is 11.6. The Kier molecular flexibility index (Phi) is 6.75. The van der Waals surface area contributed by atoms with Crippen LogP contribution in [0.4, 0.5) is 10.9 Å². The molecule has 0 amide bonds. The summed E-state index contributed by atoms with van der Waals surface area (Å²) in [5.41, 5.74) is 8.63. The van der Waals surface area contributed by atoms with Crippen molar-refractivity contribution in [2.45, 2.75) is 64.1 Å². The first-order valence-corrected chi connectivity index (χ1v) is 12.5. The van der Waals surface area contributed by atoms with Gasteiger partial charge >= 0.3 is 6.01 Å². The summed E-state index contributed by atoms with van der Waals surface area (Å²) in [6.07, 6.45) is 12.5. The summed E-state index contributed by atoms with van der Waals surface area (Å²) in [5.74, 6) is 0.665. The topological polar surface area (TPSA) is 115 Å². The third-order valence-electron chi connectivity index (χ3n) is 6.05. The Labute approximate surface area is 197 Å². The quantitative estimate of drug-likeness (QED) is 0.538. The van der Waals surface area contributed by atoms with Gasteiger partial charge in [0.1, 0.15) is 6.10 Å². The van der Waals surface area contributed by atoms with Crippen molar-refractivity contribution in [3.63, 3.8) is 0 Å².